The van der Waals surface area contributed by atoms with Gasteiger partial charge in [0.15, 0.2) is 0 Å². The first-order valence-corrected chi connectivity index (χ1v) is 11.0. The smallest absolute Gasteiger partial charge is 0.342 e. The molecule has 5 nitrogen and oxygen atoms in total. The Balaban J connectivity index is 1.50. The van der Waals surface area contributed by atoms with Crippen LogP contribution in [0.1, 0.15) is 82.0 Å². The number of benzene rings is 1. The number of fused-ring (bicyclic) bond motifs is 4. The molecule has 4 aliphatic rings. The van der Waals surface area contributed by atoms with Crippen LogP contribution >= 0.6 is 0 Å². The van der Waals surface area contributed by atoms with Crippen LogP contribution in [0, 0.1) is 22.7 Å². The molecule has 5 atom stereocenters. The molecule has 3 fully saturated rings. The van der Waals surface area contributed by atoms with Crippen molar-refractivity contribution < 1.29 is 23.8 Å². The highest BCUT2D eigenvalue weighted by Crippen LogP contribution is 2.66. The summed E-state index contributed by atoms with van der Waals surface area (Å²) in [6.45, 7) is 9.14. The Bertz CT molecular complexity index is 947. The summed E-state index contributed by atoms with van der Waals surface area (Å²) in [4.78, 5) is 25.1. The van der Waals surface area contributed by atoms with Crippen molar-refractivity contribution in [2.45, 2.75) is 71.7 Å². The molecule has 2 saturated carbocycles. The Morgan fingerprint density at radius 1 is 1.03 bits per heavy atom. The van der Waals surface area contributed by atoms with Gasteiger partial charge in [-0.25, -0.2) is 9.59 Å². The summed E-state index contributed by atoms with van der Waals surface area (Å²) in [5.74, 6) is -0.195. The van der Waals surface area contributed by atoms with Crippen molar-refractivity contribution >= 4 is 11.9 Å². The fraction of sp³-hybridized carbons (Fsp3) is 0.600. The summed E-state index contributed by atoms with van der Waals surface area (Å²) in [6.07, 6.45) is 6.09. The van der Waals surface area contributed by atoms with Gasteiger partial charge in [0.2, 0.25) is 0 Å². The molecule has 160 valence electrons. The summed E-state index contributed by atoms with van der Waals surface area (Å²) < 4.78 is 17.3. The van der Waals surface area contributed by atoms with Gasteiger partial charge in [0.1, 0.15) is 5.60 Å². The zero-order chi connectivity index (χ0) is 21.3. The maximum atomic E-state index is 13.0. The molecule has 2 aliphatic heterocycles. The van der Waals surface area contributed by atoms with Gasteiger partial charge in [-0.2, -0.15) is 0 Å². The maximum absolute atomic E-state index is 13.0. The van der Waals surface area contributed by atoms with Gasteiger partial charge in [0.25, 0.3) is 6.29 Å². The second-order valence-electron chi connectivity index (χ2n) is 10.6. The SMILES string of the molecule is CC1(C)CCC[C@]2(C)[C@H]3/C(=C\OC4OC(=O)c5ccccc54)C(=O)O[C@]3(C)CC[C@@H]12. The molecule has 0 aromatic heterocycles. The van der Waals surface area contributed by atoms with Crippen LogP contribution in [0.5, 0.6) is 0 Å². The molecule has 1 aromatic carbocycles. The molecule has 0 spiro atoms. The van der Waals surface area contributed by atoms with Crippen molar-refractivity contribution in [2.75, 3.05) is 0 Å². The molecule has 0 bridgehead atoms. The third-order valence-corrected chi connectivity index (χ3v) is 8.32. The molecule has 1 saturated heterocycles. The Hall–Kier alpha value is -2.30. The highest BCUT2D eigenvalue weighted by atomic mass is 16.7. The zero-order valence-corrected chi connectivity index (χ0v) is 18.2. The minimum Gasteiger partial charge on any atom is -0.458 e. The summed E-state index contributed by atoms with van der Waals surface area (Å²) >= 11 is 0. The van der Waals surface area contributed by atoms with Gasteiger partial charge >= 0.3 is 11.9 Å². The van der Waals surface area contributed by atoms with Crippen LogP contribution in [-0.2, 0) is 19.0 Å². The van der Waals surface area contributed by atoms with Crippen LogP contribution in [0.15, 0.2) is 36.1 Å². The minimum atomic E-state index is -0.823. The lowest BCUT2D eigenvalue weighted by Gasteiger charge is -2.59. The van der Waals surface area contributed by atoms with E-state index in [2.05, 4.69) is 27.7 Å². The second-order valence-corrected chi connectivity index (χ2v) is 10.6. The predicted molar refractivity (Wildman–Crippen MR) is 110 cm³/mol. The van der Waals surface area contributed by atoms with Crippen molar-refractivity contribution in [1.29, 1.82) is 0 Å². The lowest BCUT2D eigenvalue weighted by atomic mass is 9.45. The molecule has 1 unspecified atom stereocenters. The lowest BCUT2D eigenvalue weighted by Crippen LogP contribution is -2.56. The van der Waals surface area contributed by atoms with E-state index >= 15 is 0 Å². The Labute approximate surface area is 177 Å². The molecule has 1 aromatic rings. The molecule has 5 heteroatoms. The molecular formula is C25H30O5. The molecule has 5 rings (SSSR count). The van der Waals surface area contributed by atoms with Crippen molar-refractivity contribution in [3.05, 3.63) is 47.2 Å². The van der Waals surface area contributed by atoms with E-state index in [1.807, 2.05) is 12.1 Å². The summed E-state index contributed by atoms with van der Waals surface area (Å²) in [5, 5.41) is 0. The first-order chi connectivity index (χ1) is 14.2. The summed E-state index contributed by atoms with van der Waals surface area (Å²) in [6, 6.07) is 7.20. The largest absolute Gasteiger partial charge is 0.458 e. The summed E-state index contributed by atoms with van der Waals surface area (Å²) in [7, 11) is 0. The van der Waals surface area contributed by atoms with Crippen LogP contribution < -0.4 is 0 Å². The fourth-order valence-corrected chi connectivity index (χ4v) is 7.15. The van der Waals surface area contributed by atoms with E-state index in [0.717, 1.165) is 25.7 Å². The Kier molecular flexibility index (Phi) is 4.16. The molecule has 30 heavy (non-hydrogen) atoms. The van der Waals surface area contributed by atoms with Crippen LogP contribution in [0.2, 0.25) is 0 Å². The van der Waals surface area contributed by atoms with Gasteiger partial charge in [-0.3, -0.25) is 0 Å². The number of ether oxygens (including phenoxy) is 3. The second kappa shape index (κ2) is 6.35. The fourth-order valence-electron chi connectivity index (χ4n) is 7.15. The van der Waals surface area contributed by atoms with E-state index in [-0.39, 0.29) is 22.7 Å². The van der Waals surface area contributed by atoms with Crippen LogP contribution in [-0.4, -0.2) is 17.5 Å². The Morgan fingerprint density at radius 3 is 2.60 bits per heavy atom. The molecule has 0 radical (unpaired) electrons. The molecule has 0 N–H and O–H groups in total. The average molecular weight is 411 g/mol. The zero-order valence-electron chi connectivity index (χ0n) is 18.2. The lowest BCUT2D eigenvalue weighted by molar-refractivity contribution is -0.164. The predicted octanol–water partition coefficient (Wildman–Crippen LogP) is 5.31. The number of hydrogen-bond donors (Lipinski definition) is 0. The Morgan fingerprint density at radius 2 is 1.80 bits per heavy atom. The highest BCUT2D eigenvalue weighted by molar-refractivity contribution is 5.94. The monoisotopic (exact) mass is 410 g/mol. The first kappa shape index (κ1) is 19.7. The highest BCUT2D eigenvalue weighted by Gasteiger charge is 2.65. The molecular weight excluding hydrogens is 380 g/mol. The van der Waals surface area contributed by atoms with Gasteiger partial charge in [-0.1, -0.05) is 45.4 Å². The van der Waals surface area contributed by atoms with E-state index in [4.69, 9.17) is 14.2 Å². The quantitative estimate of drug-likeness (QED) is 0.375. The average Bonchev–Trinajstić information content (AvgIpc) is 3.13. The topological polar surface area (TPSA) is 61.8 Å². The molecule has 2 heterocycles. The van der Waals surface area contributed by atoms with E-state index in [1.54, 1.807) is 12.1 Å². The molecule has 2 aliphatic carbocycles. The number of esters is 2. The standard InChI is InChI=1S/C25H30O5/c1-23(2)11-7-12-24(3)18(23)10-13-25(4)19(24)17(21(27)30-25)14-28-22-16-9-6-5-8-15(16)20(26)29-22/h5-6,8-9,14,18-19,22H,7,10-13H2,1-4H3/b17-14+/t18-,19+,22?,24-,25+/m0/s1. The third kappa shape index (κ3) is 2.67. The minimum absolute atomic E-state index is 0.0248. The number of carbonyl (C=O) groups is 2. The van der Waals surface area contributed by atoms with Crippen LogP contribution in [0.25, 0.3) is 0 Å². The van der Waals surface area contributed by atoms with Crippen molar-refractivity contribution in [1.82, 2.24) is 0 Å². The van der Waals surface area contributed by atoms with Gasteiger partial charge in [0, 0.05) is 11.5 Å². The maximum Gasteiger partial charge on any atom is 0.342 e. The van der Waals surface area contributed by atoms with E-state index in [9.17, 15) is 9.59 Å². The van der Waals surface area contributed by atoms with E-state index in [1.165, 1.54) is 12.7 Å². The normalized spacial score (nSPS) is 40.3. The first-order valence-electron chi connectivity index (χ1n) is 11.0. The van der Waals surface area contributed by atoms with Crippen molar-refractivity contribution in [3.8, 4) is 0 Å². The van der Waals surface area contributed by atoms with Gasteiger partial charge in [-0.05, 0) is 55.4 Å². The number of hydrogen-bond acceptors (Lipinski definition) is 5. The van der Waals surface area contributed by atoms with Crippen LogP contribution in [0.3, 0.4) is 0 Å². The summed E-state index contributed by atoms with van der Waals surface area (Å²) in [5.41, 5.74) is 1.50. The van der Waals surface area contributed by atoms with E-state index in [0.29, 0.717) is 22.6 Å². The van der Waals surface area contributed by atoms with Gasteiger partial charge in [-0.15, -0.1) is 0 Å². The number of rotatable bonds is 2. The van der Waals surface area contributed by atoms with E-state index < -0.39 is 17.9 Å². The molecule has 0 amide bonds. The number of cyclic esters (lactones) is 1. The van der Waals surface area contributed by atoms with Gasteiger partial charge < -0.3 is 14.2 Å². The van der Waals surface area contributed by atoms with Crippen molar-refractivity contribution in [3.63, 3.8) is 0 Å². The number of carbonyl (C=O) groups excluding carboxylic acids is 2. The third-order valence-electron chi connectivity index (χ3n) is 8.32. The van der Waals surface area contributed by atoms with Crippen LogP contribution in [0.4, 0.5) is 0 Å². The van der Waals surface area contributed by atoms with Crippen molar-refractivity contribution in [2.24, 2.45) is 22.7 Å². The van der Waals surface area contributed by atoms with Gasteiger partial charge in [0.05, 0.1) is 17.4 Å².